The highest BCUT2D eigenvalue weighted by molar-refractivity contribution is 7.14. The van der Waals surface area contributed by atoms with Crippen LogP contribution in [-0.2, 0) is 4.79 Å². The molecule has 5 nitrogen and oxygen atoms in total. The van der Waals surface area contributed by atoms with Gasteiger partial charge in [-0.25, -0.2) is 9.37 Å². The number of amides is 1. The number of nitrogens with one attached hydrogen (secondary N) is 1. The Bertz CT molecular complexity index is 942. The normalized spacial score (nSPS) is 10.9. The van der Waals surface area contributed by atoms with Gasteiger partial charge in [0.1, 0.15) is 5.82 Å². The number of hydrazone groups is 1. The monoisotopic (exact) mass is 388 g/mol. The predicted octanol–water partition coefficient (Wildman–Crippen LogP) is 5.07. The first-order valence-corrected chi connectivity index (χ1v) is 8.85. The van der Waals surface area contributed by atoms with Gasteiger partial charge in [-0.15, -0.1) is 11.3 Å². The molecule has 1 N–H and O–H groups in total. The molecule has 132 valence electrons. The molecule has 2 aromatic carbocycles. The lowest BCUT2D eigenvalue weighted by Gasteiger charge is -2.18. The highest BCUT2D eigenvalue weighted by atomic mass is 35.5. The topological polar surface area (TPSA) is 57.6 Å². The lowest BCUT2D eigenvalue weighted by molar-refractivity contribution is -0.115. The largest absolute Gasteiger partial charge is 0.278 e. The molecule has 0 fully saturated rings. The third-order valence-electron chi connectivity index (χ3n) is 3.32. The summed E-state index contributed by atoms with van der Waals surface area (Å²) in [6, 6.07) is 12.8. The number of hydrogen-bond donors (Lipinski definition) is 1. The van der Waals surface area contributed by atoms with Crippen molar-refractivity contribution in [2.24, 2.45) is 5.10 Å². The van der Waals surface area contributed by atoms with Crippen LogP contribution in [0.15, 0.2) is 59.0 Å². The van der Waals surface area contributed by atoms with Crippen molar-refractivity contribution in [1.82, 2.24) is 4.98 Å². The van der Waals surface area contributed by atoms with E-state index in [0.717, 1.165) is 0 Å². The molecular weight excluding hydrogens is 375 g/mol. The number of thiazole rings is 1. The van der Waals surface area contributed by atoms with Crippen LogP contribution in [0.3, 0.4) is 0 Å². The summed E-state index contributed by atoms with van der Waals surface area (Å²) < 4.78 is 12.9. The first kappa shape index (κ1) is 18.0. The smallest absolute Gasteiger partial charge is 0.230 e. The Morgan fingerprint density at radius 2 is 2.08 bits per heavy atom. The van der Waals surface area contributed by atoms with Gasteiger partial charge in [0.25, 0.3) is 0 Å². The zero-order chi connectivity index (χ0) is 18.5. The highest BCUT2D eigenvalue weighted by Crippen LogP contribution is 2.30. The van der Waals surface area contributed by atoms with Gasteiger partial charge in [0.15, 0.2) is 5.13 Å². The number of anilines is 3. The number of aromatic nitrogens is 1. The van der Waals surface area contributed by atoms with Crippen LogP contribution < -0.4 is 10.3 Å². The van der Waals surface area contributed by atoms with Crippen LogP contribution in [-0.4, -0.2) is 17.1 Å². The van der Waals surface area contributed by atoms with Crippen LogP contribution in [0.25, 0.3) is 0 Å². The van der Waals surface area contributed by atoms with Gasteiger partial charge < -0.3 is 0 Å². The molecule has 0 spiro atoms. The summed E-state index contributed by atoms with van der Waals surface area (Å²) in [5, 5.41) is 6.91. The summed E-state index contributed by atoms with van der Waals surface area (Å²) in [5.41, 5.74) is 4.68. The summed E-state index contributed by atoms with van der Waals surface area (Å²) in [6.07, 6.45) is 1.53. The third-order valence-corrected chi connectivity index (χ3v) is 4.40. The highest BCUT2D eigenvalue weighted by Gasteiger charge is 2.17. The Morgan fingerprint density at radius 1 is 1.31 bits per heavy atom. The lowest BCUT2D eigenvalue weighted by atomic mass is 10.3. The van der Waals surface area contributed by atoms with Crippen LogP contribution in [0.1, 0.15) is 12.6 Å². The van der Waals surface area contributed by atoms with Gasteiger partial charge >= 0.3 is 0 Å². The SMILES string of the molecule is CC(=O)N(c1cccc(Cl)c1)c1nc(/C=N\Nc2ccc(F)cc2)cs1. The molecule has 3 rings (SSSR count). The van der Waals surface area contributed by atoms with Gasteiger partial charge in [0.2, 0.25) is 5.91 Å². The van der Waals surface area contributed by atoms with Crippen molar-refractivity contribution < 1.29 is 9.18 Å². The summed E-state index contributed by atoms with van der Waals surface area (Å²) in [5.74, 6) is -0.483. The number of hydrogen-bond acceptors (Lipinski definition) is 5. The Kier molecular flexibility index (Phi) is 5.60. The molecule has 0 saturated carbocycles. The van der Waals surface area contributed by atoms with Crippen molar-refractivity contribution in [2.75, 3.05) is 10.3 Å². The van der Waals surface area contributed by atoms with E-state index in [9.17, 15) is 9.18 Å². The first-order chi connectivity index (χ1) is 12.5. The number of carbonyl (C=O) groups is 1. The van der Waals surface area contributed by atoms with E-state index in [1.807, 2.05) is 0 Å². The first-order valence-electron chi connectivity index (χ1n) is 7.59. The van der Waals surface area contributed by atoms with Crippen molar-refractivity contribution in [3.63, 3.8) is 0 Å². The van der Waals surface area contributed by atoms with Crippen molar-refractivity contribution in [3.8, 4) is 0 Å². The molecule has 1 amide bonds. The molecule has 0 saturated heterocycles. The van der Waals surface area contributed by atoms with E-state index in [1.54, 1.807) is 41.8 Å². The fourth-order valence-electron chi connectivity index (χ4n) is 2.18. The Balaban J connectivity index is 1.75. The minimum absolute atomic E-state index is 0.172. The van der Waals surface area contributed by atoms with Crippen LogP contribution in [0.5, 0.6) is 0 Å². The Labute approximate surface area is 158 Å². The molecule has 26 heavy (non-hydrogen) atoms. The van der Waals surface area contributed by atoms with Crippen molar-refractivity contribution >= 4 is 51.6 Å². The molecule has 1 heterocycles. The molecule has 0 radical (unpaired) electrons. The van der Waals surface area contributed by atoms with Gasteiger partial charge in [-0.2, -0.15) is 5.10 Å². The average molecular weight is 389 g/mol. The quantitative estimate of drug-likeness (QED) is 0.490. The van der Waals surface area contributed by atoms with Crippen LogP contribution >= 0.6 is 22.9 Å². The maximum absolute atomic E-state index is 12.9. The number of halogens is 2. The lowest BCUT2D eigenvalue weighted by Crippen LogP contribution is -2.22. The molecule has 0 aliphatic heterocycles. The standard InChI is InChI=1S/C18H14ClFN4OS/c1-12(25)24(17-4-2-3-13(19)9-17)18-22-16(11-26-18)10-21-23-15-7-5-14(20)6-8-15/h2-11,23H,1H3/b21-10-. The van der Waals surface area contributed by atoms with Crippen molar-refractivity contribution in [3.05, 3.63) is 70.4 Å². The van der Waals surface area contributed by atoms with Gasteiger partial charge in [-0.05, 0) is 42.5 Å². The molecule has 3 aromatic rings. The van der Waals surface area contributed by atoms with Crippen LogP contribution in [0.4, 0.5) is 20.9 Å². The van der Waals surface area contributed by atoms with Gasteiger partial charge in [0.05, 0.1) is 23.3 Å². The fraction of sp³-hybridized carbons (Fsp3) is 0.0556. The van der Waals surface area contributed by atoms with Crippen molar-refractivity contribution in [1.29, 1.82) is 0 Å². The van der Waals surface area contributed by atoms with E-state index in [1.165, 1.54) is 41.5 Å². The van der Waals surface area contributed by atoms with Gasteiger partial charge in [0, 0.05) is 17.3 Å². The molecule has 0 unspecified atom stereocenters. The van der Waals surface area contributed by atoms with Gasteiger partial charge in [-0.1, -0.05) is 17.7 Å². The number of nitrogens with zero attached hydrogens (tertiary/aromatic N) is 3. The molecule has 0 aliphatic rings. The van der Waals surface area contributed by atoms with E-state index in [-0.39, 0.29) is 11.7 Å². The second-order valence-electron chi connectivity index (χ2n) is 5.27. The van der Waals surface area contributed by atoms with E-state index in [2.05, 4.69) is 15.5 Å². The number of rotatable bonds is 5. The summed E-state index contributed by atoms with van der Waals surface area (Å²) in [6.45, 7) is 1.46. The minimum Gasteiger partial charge on any atom is -0.278 e. The summed E-state index contributed by atoms with van der Waals surface area (Å²) in [4.78, 5) is 18.0. The Hall–Kier alpha value is -2.77. The van der Waals surface area contributed by atoms with E-state index >= 15 is 0 Å². The molecule has 0 bridgehead atoms. The summed E-state index contributed by atoms with van der Waals surface area (Å²) >= 11 is 7.33. The van der Waals surface area contributed by atoms with Crippen LogP contribution in [0, 0.1) is 5.82 Å². The third kappa shape index (κ3) is 4.44. The molecule has 0 aliphatic carbocycles. The second kappa shape index (κ2) is 8.07. The van der Waals surface area contributed by atoms with E-state index in [4.69, 9.17) is 11.6 Å². The fourth-order valence-corrected chi connectivity index (χ4v) is 3.20. The van der Waals surface area contributed by atoms with Gasteiger partial charge in [-0.3, -0.25) is 15.1 Å². The van der Waals surface area contributed by atoms with E-state index < -0.39 is 0 Å². The zero-order valence-electron chi connectivity index (χ0n) is 13.7. The van der Waals surface area contributed by atoms with E-state index in [0.29, 0.717) is 27.2 Å². The second-order valence-corrected chi connectivity index (χ2v) is 6.54. The van der Waals surface area contributed by atoms with Crippen molar-refractivity contribution in [2.45, 2.75) is 6.92 Å². The predicted molar refractivity (Wildman–Crippen MR) is 104 cm³/mol. The molecular formula is C18H14ClFN4OS. The maximum atomic E-state index is 12.9. The number of carbonyl (C=O) groups excluding carboxylic acids is 1. The average Bonchev–Trinajstić information content (AvgIpc) is 3.05. The summed E-state index contributed by atoms with van der Waals surface area (Å²) in [7, 11) is 0. The minimum atomic E-state index is -0.311. The maximum Gasteiger partial charge on any atom is 0.230 e. The molecule has 0 atom stereocenters. The number of benzene rings is 2. The van der Waals surface area contributed by atoms with Crippen LogP contribution in [0.2, 0.25) is 5.02 Å². The Morgan fingerprint density at radius 3 is 2.77 bits per heavy atom. The zero-order valence-corrected chi connectivity index (χ0v) is 15.3. The molecule has 1 aromatic heterocycles. The molecule has 8 heteroatoms.